The molecule has 3 rings (SSSR count). The SMILES string of the molecule is C#CCOCCOCCS[C@]1(C(=O)O)C[C@H](O)[C@@H](NC(=O)CO)[C@H](C[C@H](O)CNC(=O)Cc2ccc(-c3ccccc3)cc2)O1. The van der Waals surface area contributed by atoms with Gasteiger partial charge >= 0.3 is 5.97 Å². The summed E-state index contributed by atoms with van der Waals surface area (Å²) in [6.07, 6.45) is 0.846. The molecule has 2 aromatic rings. The number of thioether (sulfide) groups is 1. The summed E-state index contributed by atoms with van der Waals surface area (Å²) in [5, 5.41) is 46.1. The van der Waals surface area contributed by atoms with E-state index in [1.165, 1.54) is 0 Å². The molecule has 45 heavy (non-hydrogen) atoms. The lowest BCUT2D eigenvalue weighted by Gasteiger charge is -2.45. The van der Waals surface area contributed by atoms with Crippen molar-refractivity contribution >= 4 is 29.5 Å². The van der Waals surface area contributed by atoms with E-state index in [1.807, 2.05) is 54.6 Å². The monoisotopic (exact) mass is 644 g/mol. The Bertz CT molecular complexity index is 1270. The van der Waals surface area contributed by atoms with E-state index < -0.39 is 47.8 Å². The molecule has 12 nitrogen and oxygen atoms in total. The Morgan fingerprint density at radius 3 is 2.40 bits per heavy atom. The summed E-state index contributed by atoms with van der Waals surface area (Å²) in [5.74, 6) is 0.0449. The Morgan fingerprint density at radius 2 is 1.73 bits per heavy atom. The number of carbonyl (C=O) groups is 3. The predicted molar refractivity (Wildman–Crippen MR) is 167 cm³/mol. The summed E-state index contributed by atoms with van der Waals surface area (Å²) in [6, 6.07) is 16.3. The van der Waals surface area contributed by atoms with Crippen LogP contribution in [0.25, 0.3) is 11.1 Å². The molecule has 1 aliphatic rings. The normalized spacial score (nSPS) is 21.8. The largest absolute Gasteiger partial charge is 0.478 e. The average Bonchev–Trinajstić information content (AvgIpc) is 3.03. The highest BCUT2D eigenvalue weighted by Gasteiger charge is 2.52. The van der Waals surface area contributed by atoms with Crippen molar-refractivity contribution in [3.8, 4) is 23.5 Å². The molecule has 244 valence electrons. The first-order chi connectivity index (χ1) is 21.7. The molecule has 1 saturated heterocycles. The number of rotatable bonds is 18. The van der Waals surface area contributed by atoms with Gasteiger partial charge in [0.1, 0.15) is 13.2 Å². The Hall–Kier alpha value is -3.48. The van der Waals surface area contributed by atoms with Crippen LogP contribution in [0.1, 0.15) is 18.4 Å². The number of carboxylic acids is 1. The summed E-state index contributed by atoms with van der Waals surface area (Å²) < 4.78 is 16.5. The van der Waals surface area contributed by atoms with Crippen LogP contribution in [0.5, 0.6) is 0 Å². The maximum atomic E-state index is 12.6. The van der Waals surface area contributed by atoms with Crippen molar-refractivity contribution in [3.05, 3.63) is 60.2 Å². The van der Waals surface area contributed by atoms with E-state index in [4.69, 9.17) is 20.6 Å². The molecule has 0 unspecified atom stereocenters. The Balaban J connectivity index is 1.57. The summed E-state index contributed by atoms with van der Waals surface area (Å²) in [7, 11) is 0. The molecule has 1 fully saturated rings. The van der Waals surface area contributed by atoms with Gasteiger partial charge in [-0.2, -0.15) is 0 Å². The van der Waals surface area contributed by atoms with Crippen molar-refractivity contribution in [2.45, 2.75) is 48.5 Å². The van der Waals surface area contributed by atoms with E-state index in [9.17, 15) is 34.8 Å². The number of nitrogens with one attached hydrogen (secondary N) is 2. The van der Waals surface area contributed by atoms with Crippen molar-refractivity contribution in [2.75, 3.05) is 45.3 Å². The fraction of sp³-hybridized carbons (Fsp3) is 0.469. The number of benzene rings is 2. The van der Waals surface area contributed by atoms with E-state index in [-0.39, 0.29) is 63.9 Å². The molecule has 5 atom stereocenters. The average molecular weight is 645 g/mol. The van der Waals surface area contributed by atoms with Crippen LogP contribution in [-0.4, -0.2) is 113 Å². The smallest absolute Gasteiger partial charge is 0.346 e. The van der Waals surface area contributed by atoms with Gasteiger partial charge < -0.3 is 45.3 Å². The highest BCUT2D eigenvalue weighted by molar-refractivity contribution is 8.01. The van der Waals surface area contributed by atoms with Gasteiger partial charge in [0.2, 0.25) is 16.7 Å². The number of carboxylic acid groups (broad SMARTS) is 1. The second-order valence-electron chi connectivity index (χ2n) is 10.4. The number of hydrogen-bond donors (Lipinski definition) is 6. The fourth-order valence-electron chi connectivity index (χ4n) is 4.82. The lowest BCUT2D eigenvalue weighted by atomic mass is 9.91. The summed E-state index contributed by atoms with van der Waals surface area (Å²) in [5.41, 5.74) is 2.85. The van der Waals surface area contributed by atoms with Crippen molar-refractivity contribution in [3.63, 3.8) is 0 Å². The quantitative estimate of drug-likeness (QED) is 0.0985. The lowest BCUT2D eigenvalue weighted by molar-refractivity contribution is -0.183. The number of aliphatic hydroxyl groups excluding tert-OH is 3. The lowest BCUT2D eigenvalue weighted by Crippen LogP contribution is -2.63. The van der Waals surface area contributed by atoms with Gasteiger partial charge in [0.25, 0.3) is 0 Å². The van der Waals surface area contributed by atoms with E-state index >= 15 is 0 Å². The Labute approximate surface area is 266 Å². The van der Waals surface area contributed by atoms with Gasteiger partial charge in [0.05, 0.1) is 50.6 Å². The first-order valence-electron chi connectivity index (χ1n) is 14.5. The first-order valence-corrected chi connectivity index (χ1v) is 15.5. The summed E-state index contributed by atoms with van der Waals surface area (Å²) in [4.78, 5) is 35.1. The van der Waals surface area contributed by atoms with Crippen LogP contribution >= 0.6 is 11.8 Å². The topological polar surface area (TPSA) is 184 Å². The maximum Gasteiger partial charge on any atom is 0.346 e. The van der Waals surface area contributed by atoms with Gasteiger partial charge in [0.15, 0.2) is 0 Å². The van der Waals surface area contributed by atoms with Gasteiger partial charge in [0, 0.05) is 25.1 Å². The number of aliphatic carboxylic acids is 1. The molecule has 0 saturated carbocycles. The third-order valence-electron chi connectivity index (χ3n) is 7.02. The van der Waals surface area contributed by atoms with E-state index in [1.54, 1.807) is 0 Å². The van der Waals surface area contributed by atoms with Crippen LogP contribution in [-0.2, 0) is 35.0 Å². The maximum absolute atomic E-state index is 12.6. The molecule has 0 aliphatic carbocycles. The minimum absolute atomic E-state index is 0.0759. The highest BCUT2D eigenvalue weighted by atomic mass is 32.2. The third-order valence-corrected chi connectivity index (χ3v) is 8.29. The molecule has 0 bridgehead atoms. The molecule has 0 spiro atoms. The Kier molecular flexibility index (Phi) is 14.8. The number of amides is 2. The van der Waals surface area contributed by atoms with Crippen molar-refractivity contribution in [2.24, 2.45) is 0 Å². The predicted octanol–water partition coefficient (Wildman–Crippen LogP) is 0.571. The van der Waals surface area contributed by atoms with Gasteiger partial charge in [-0.3, -0.25) is 9.59 Å². The minimum atomic E-state index is -1.90. The van der Waals surface area contributed by atoms with E-state index in [2.05, 4.69) is 16.6 Å². The van der Waals surface area contributed by atoms with E-state index in [0.717, 1.165) is 28.5 Å². The zero-order valence-electron chi connectivity index (χ0n) is 24.8. The standard InChI is InChI=1S/C32H40N2O10S/c1-2-12-42-13-14-43-15-16-45-32(31(40)41)19-26(37)30(34-29(39)21-35)27(44-32)18-25(36)20-33-28(38)17-22-8-10-24(11-9-22)23-6-4-3-5-7-23/h1,3-11,25-27,30,35-37H,12-21H2,(H,33,38)(H,34,39)(H,40,41)/t25-,26-,27-,30+,32-/m0/s1. The Morgan fingerprint density at radius 1 is 1.04 bits per heavy atom. The summed E-state index contributed by atoms with van der Waals surface area (Å²) >= 11 is 0.908. The molecule has 1 aliphatic heterocycles. The van der Waals surface area contributed by atoms with Crippen LogP contribution in [0, 0.1) is 12.3 Å². The molecule has 0 radical (unpaired) electrons. The van der Waals surface area contributed by atoms with Crippen LogP contribution in [0.15, 0.2) is 54.6 Å². The summed E-state index contributed by atoms with van der Waals surface area (Å²) in [6.45, 7) is -0.197. The molecular formula is C32H40N2O10S. The van der Waals surface area contributed by atoms with Gasteiger partial charge in [-0.15, -0.1) is 18.2 Å². The highest BCUT2D eigenvalue weighted by Crippen LogP contribution is 2.40. The van der Waals surface area contributed by atoms with Crippen LogP contribution < -0.4 is 10.6 Å². The number of aliphatic hydroxyl groups is 3. The molecule has 2 amide bonds. The first kappa shape index (κ1) is 36.0. The van der Waals surface area contributed by atoms with Gasteiger partial charge in [-0.1, -0.05) is 60.5 Å². The molecule has 1 heterocycles. The minimum Gasteiger partial charge on any atom is -0.478 e. The molecule has 13 heteroatoms. The zero-order chi connectivity index (χ0) is 32.7. The number of terminal acetylenes is 1. The van der Waals surface area contributed by atoms with Crippen LogP contribution in [0.3, 0.4) is 0 Å². The van der Waals surface area contributed by atoms with Crippen LogP contribution in [0.2, 0.25) is 0 Å². The number of hydrogen-bond acceptors (Lipinski definition) is 10. The molecule has 6 N–H and O–H groups in total. The van der Waals surface area contributed by atoms with Crippen molar-refractivity contribution in [1.82, 2.24) is 10.6 Å². The number of ether oxygens (including phenoxy) is 3. The number of carbonyl (C=O) groups excluding carboxylic acids is 2. The fourth-order valence-corrected chi connectivity index (χ4v) is 5.95. The molecule has 2 aromatic carbocycles. The second kappa shape index (κ2) is 18.5. The molecule has 0 aromatic heterocycles. The second-order valence-corrected chi connectivity index (χ2v) is 11.7. The van der Waals surface area contributed by atoms with Gasteiger partial charge in [-0.05, 0) is 16.7 Å². The van der Waals surface area contributed by atoms with E-state index in [0.29, 0.717) is 0 Å². The zero-order valence-corrected chi connectivity index (χ0v) is 25.6. The van der Waals surface area contributed by atoms with Crippen molar-refractivity contribution < 1.29 is 49.0 Å². The van der Waals surface area contributed by atoms with Gasteiger partial charge in [-0.25, -0.2) is 4.79 Å². The van der Waals surface area contributed by atoms with Crippen LogP contribution in [0.4, 0.5) is 0 Å². The van der Waals surface area contributed by atoms with Crippen molar-refractivity contribution in [1.29, 1.82) is 0 Å². The third kappa shape index (κ3) is 11.4. The molecular weight excluding hydrogens is 604 g/mol.